The number of imide groups is 2. The van der Waals surface area contributed by atoms with Crippen molar-refractivity contribution in [1.82, 2.24) is 20.0 Å². The molecule has 11 nitrogen and oxygen atoms in total. The number of hydrogen-bond acceptors (Lipinski definition) is 10. The molecular weight excluding hydrogens is 772 g/mol. The summed E-state index contributed by atoms with van der Waals surface area (Å²) in [6.45, 7) is 6.70. The van der Waals surface area contributed by atoms with Crippen molar-refractivity contribution in [1.29, 1.82) is 0 Å². The van der Waals surface area contributed by atoms with Crippen LogP contribution in [0.25, 0.3) is 20.5 Å². The first kappa shape index (κ1) is 38.9. The highest BCUT2D eigenvalue weighted by atomic mass is 32.1. The minimum absolute atomic E-state index is 0.101. The van der Waals surface area contributed by atoms with E-state index in [-0.39, 0.29) is 30.3 Å². The van der Waals surface area contributed by atoms with Gasteiger partial charge in [0.2, 0.25) is 11.8 Å². The number of carbonyl (C=O) groups excluding carboxylic acids is 4. The van der Waals surface area contributed by atoms with E-state index in [1.54, 1.807) is 30.3 Å². The Bertz CT molecular complexity index is 2400. The highest BCUT2D eigenvalue weighted by Gasteiger charge is 2.45. The smallest absolute Gasteiger partial charge is 0.262 e. The van der Waals surface area contributed by atoms with Crippen LogP contribution < -0.4 is 14.8 Å². The van der Waals surface area contributed by atoms with Gasteiger partial charge in [0.05, 0.1) is 22.6 Å². The number of halogens is 1. The zero-order valence-electron chi connectivity index (χ0n) is 32.5. The number of ether oxygens (including phenoxy) is 2. The number of thiophene rings is 1. The monoisotopic (exact) mass is 816 g/mol. The summed E-state index contributed by atoms with van der Waals surface area (Å²) in [7, 11) is 0. The number of piperidine rings is 3. The van der Waals surface area contributed by atoms with Gasteiger partial charge in [-0.05, 0) is 148 Å². The zero-order chi connectivity index (χ0) is 40.6. The van der Waals surface area contributed by atoms with Gasteiger partial charge in [-0.15, -0.1) is 11.3 Å². The summed E-state index contributed by atoms with van der Waals surface area (Å²) in [5, 5.41) is 13.2. The Morgan fingerprint density at radius 1 is 0.746 bits per heavy atom. The number of fused-ring (bicyclic) bond motifs is 2. The predicted octanol–water partition coefficient (Wildman–Crippen LogP) is 7.58. The van der Waals surface area contributed by atoms with Crippen molar-refractivity contribution in [3.8, 4) is 33.4 Å². The molecule has 13 heteroatoms. The quantitative estimate of drug-likeness (QED) is 0.130. The number of aromatic hydroxyl groups is 1. The van der Waals surface area contributed by atoms with Crippen LogP contribution in [0.5, 0.6) is 23.0 Å². The molecule has 1 aromatic heterocycles. The first-order valence-electron chi connectivity index (χ1n) is 20.4. The van der Waals surface area contributed by atoms with Crippen LogP contribution in [0.1, 0.15) is 70.7 Å². The normalized spacial score (nSPS) is 19.7. The SMILES string of the molecule is O=C1CCC(N2C(=O)c3ccc(C4CCN(CCN5CCC(COc6ccc(Oc7c(-c8ccc(F)cc8)sc8cc(O)ccc78)cc6)CC5)CC4)cc3C2=O)C(=O)N1. The molecule has 4 aliphatic heterocycles. The van der Waals surface area contributed by atoms with E-state index in [1.165, 1.54) is 23.5 Å². The van der Waals surface area contributed by atoms with Crippen molar-refractivity contribution in [3.05, 3.63) is 107 Å². The average Bonchev–Trinajstić information content (AvgIpc) is 3.72. The maximum absolute atomic E-state index is 13.7. The number of rotatable bonds is 11. The van der Waals surface area contributed by atoms with Gasteiger partial charge in [0.25, 0.3) is 11.8 Å². The van der Waals surface area contributed by atoms with Crippen molar-refractivity contribution in [2.75, 3.05) is 45.9 Å². The maximum atomic E-state index is 13.7. The fourth-order valence-corrected chi connectivity index (χ4v) is 9.95. The van der Waals surface area contributed by atoms with E-state index in [0.29, 0.717) is 41.1 Å². The molecule has 5 aromatic rings. The van der Waals surface area contributed by atoms with Gasteiger partial charge in [0.1, 0.15) is 29.1 Å². The van der Waals surface area contributed by atoms with Crippen molar-refractivity contribution < 1.29 is 38.1 Å². The summed E-state index contributed by atoms with van der Waals surface area (Å²) in [4.78, 5) is 57.4. The van der Waals surface area contributed by atoms with Gasteiger partial charge in [0.15, 0.2) is 5.75 Å². The van der Waals surface area contributed by atoms with Crippen LogP contribution in [0.3, 0.4) is 0 Å². The lowest BCUT2D eigenvalue weighted by atomic mass is 9.88. The van der Waals surface area contributed by atoms with Crippen molar-refractivity contribution in [2.24, 2.45) is 5.92 Å². The second kappa shape index (κ2) is 16.6. The van der Waals surface area contributed by atoms with Crippen LogP contribution in [-0.4, -0.2) is 95.4 Å². The molecule has 0 spiro atoms. The molecule has 4 aliphatic rings. The molecule has 59 heavy (non-hydrogen) atoms. The van der Waals surface area contributed by atoms with E-state index in [9.17, 15) is 28.7 Å². The van der Waals surface area contributed by atoms with E-state index in [2.05, 4.69) is 15.1 Å². The van der Waals surface area contributed by atoms with E-state index >= 15 is 0 Å². The molecule has 0 radical (unpaired) electrons. The summed E-state index contributed by atoms with van der Waals surface area (Å²) < 4.78 is 27.2. The Morgan fingerprint density at radius 3 is 2.14 bits per heavy atom. The van der Waals surface area contributed by atoms with Gasteiger partial charge in [-0.3, -0.25) is 29.4 Å². The summed E-state index contributed by atoms with van der Waals surface area (Å²) in [5.41, 5.74) is 2.56. The van der Waals surface area contributed by atoms with Crippen molar-refractivity contribution in [3.63, 3.8) is 0 Å². The number of amides is 4. The Hall–Kier alpha value is -5.63. The number of phenols is 1. The van der Waals surface area contributed by atoms with Gasteiger partial charge < -0.3 is 24.4 Å². The number of benzene rings is 4. The first-order valence-corrected chi connectivity index (χ1v) is 21.2. The summed E-state index contributed by atoms with van der Waals surface area (Å²) in [6.07, 6.45) is 4.35. The van der Waals surface area contributed by atoms with Crippen LogP contribution in [0.4, 0.5) is 4.39 Å². The van der Waals surface area contributed by atoms with Gasteiger partial charge >= 0.3 is 0 Å². The lowest BCUT2D eigenvalue weighted by molar-refractivity contribution is -0.136. The molecule has 3 fully saturated rings. The van der Waals surface area contributed by atoms with Gasteiger partial charge in [-0.2, -0.15) is 0 Å². The molecule has 4 amide bonds. The molecule has 5 heterocycles. The van der Waals surface area contributed by atoms with Crippen molar-refractivity contribution >= 4 is 45.1 Å². The van der Waals surface area contributed by atoms with Crippen LogP contribution in [0.15, 0.2) is 84.9 Å². The standard InChI is InChI=1S/C46H45FN4O7S/c47-32-4-1-30(2-5-32)43-42(37-12-6-33(52)26-40(37)59-43)58-35-9-7-34(8-10-35)57-27-28-15-19-49(20-16-28)23-24-50-21-17-29(18-22-50)31-3-11-36-38(25-31)46(56)51(45(36)55)39-13-14-41(53)48-44(39)54/h1-12,25-26,28-29,39,52H,13-24,27H2,(H,48,53,54). The number of nitrogens with zero attached hydrogens (tertiary/aromatic N) is 3. The molecule has 1 unspecified atom stereocenters. The van der Waals surface area contributed by atoms with E-state index in [4.69, 9.17) is 9.47 Å². The highest BCUT2D eigenvalue weighted by molar-refractivity contribution is 7.22. The van der Waals surface area contributed by atoms with Gasteiger partial charge in [-0.25, -0.2) is 4.39 Å². The average molecular weight is 817 g/mol. The minimum Gasteiger partial charge on any atom is -0.508 e. The number of nitrogens with one attached hydrogen (secondary N) is 1. The molecule has 1 atom stereocenters. The zero-order valence-corrected chi connectivity index (χ0v) is 33.3. The molecule has 9 rings (SSSR count). The molecule has 304 valence electrons. The summed E-state index contributed by atoms with van der Waals surface area (Å²) in [6, 6.07) is 23.7. The second-order valence-electron chi connectivity index (χ2n) is 16.0. The lowest BCUT2D eigenvalue weighted by Crippen LogP contribution is -2.54. The molecular formula is C46H45FN4O7S. The Balaban J connectivity index is 0.713. The maximum Gasteiger partial charge on any atom is 0.262 e. The Labute approximate surface area is 345 Å². The van der Waals surface area contributed by atoms with Crippen LogP contribution in [-0.2, 0) is 9.59 Å². The van der Waals surface area contributed by atoms with E-state index in [0.717, 1.165) is 102 Å². The molecule has 4 aromatic carbocycles. The number of carbonyl (C=O) groups is 4. The number of likely N-dealkylation sites (tertiary alicyclic amines) is 2. The minimum atomic E-state index is -0.957. The Kier molecular flexibility index (Phi) is 10.9. The topological polar surface area (TPSA) is 129 Å². The molecule has 0 saturated carbocycles. The van der Waals surface area contributed by atoms with E-state index in [1.807, 2.05) is 42.5 Å². The number of hydrogen-bond donors (Lipinski definition) is 2. The van der Waals surface area contributed by atoms with Gasteiger partial charge in [-0.1, -0.05) is 18.2 Å². The van der Waals surface area contributed by atoms with Gasteiger partial charge in [0, 0.05) is 29.6 Å². The fraction of sp³-hybridized carbons (Fsp3) is 0.348. The highest BCUT2D eigenvalue weighted by Crippen LogP contribution is 2.47. The fourth-order valence-electron chi connectivity index (χ4n) is 8.78. The summed E-state index contributed by atoms with van der Waals surface area (Å²) >= 11 is 1.49. The molecule has 0 aliphatic carbocycles. The third-order valence-electron chi connectivity index (χ3n) is 12.2. The largest absolute Gasteiger partial charge is 0.508 e. The predicted molar refractivity (Wildman–Crippen MR) is 222 cm³/mol. The first-order chi connectivity index (χ1) is 28.7. The molecule has 3 saturated heterocycles. The van der Waals surface area contributed by atoms with Crippen molar-refractivity contribution in [2.45, 2.75) is 50.5 Å². The third kappa shape index (κ3) is 8.19. The van der Waals surface area contributed by atoms with Crippen LogP contribution >= 0.6 is 11.3 Å². The second-order valence-corrected chi connectivity index (χ2v) is 17.0. The van der Waals surface area contributed by atoms with Crippen LogP contribution in [0, 0.1) is 11.7 Å². The molecule has 0 bridgehead atoms. The number of phenolic OH excluding ortho intramolecular Hbond substituents is 1. The lowest BCUT2D eigenvalue weighted by Gasteiger charge is -2.36. The molecule has 2 N–H and O–H groups in total. The van der Waals surface area contributed by atoms with Crippen LogP contribution in [0.2, 0.25) is 0 Å². The summed E-state index contributed by atoms with van der Waals surface area (Å²) in [5.74, 6) is 0.849. The van der Waals surface area contributed by atoms with E-state index < -0.39 is 23.8 Å². The third-order valence-corrected chi connectivity index (χ3v) is 13.4. The Morgan fingerprint density at radius 2 is 1.42 bits per heavy atom.